The zero-order valence-electron chi connectivity index (χ0n) is 12.2. The van der Waals surface area contributed by atoms with Crippen LogP contribution < -0.4 is 0 Å². The van der Waals surface area contributed by atoms with Crippen molar-refractivity contribution in [3.8, 4) is 11.8 Å². The number of methoxy groups -OCH3 is 1. The number of hydrogen-bond acceptors (Lipinski definition) is 4. The summed E-state index contributed by atoms with van der Waals surface area (Å²) in [6, 6.07) is 3.54. The summed E-state index contributed by atoms with van der Waals surface area (Å²) in [5.74, 6) is 5.64. The van der Waals surface area contributed by atoms with Gasteiger partial charge in [0.2, 0.25) is 0 Å². The zero-order chi connectivity index (χ0) is 15.1. The third kappa shape index (κ3) is 4.03. The van der Waals surface area contributed by atoms with Gasteiger partial charge in [0.25, 0.3) is 5.91 Å². The second-order valence-corrected chi connectivity index (χ2v) is 4.93. The maximum absolute atomic E-state index is 12.6. The Bertz CT molecular complexity index is 548. The monoisotopic (exact) mass is 288 g/mol. The molecule has 0 radical (unpaired) electrons. The Balaban J connectivity index is 2.17. The molecule has 1 aliphatic rings. The second-order valence-electron chi connectivity index (χ2n) is 4.93. The van der Waals surface area contributed by atoms with Crippen LogP contribution in [0.5, 0.6) is 0 Å². The van der Waals surface area contributed by atoms with E-state index in [1.54, 1.807) is 30.3 Å². The lowest BCUT2D eigenvalue weighted by Gasteiger charge is -2.31. The number of amides is 1. The minimum absolute atomic E-state index is 0.0121. The van der Waals surface area contributed by atoms with E-state index < -0.39 is 0 Å². The first kappa shape index (κ1) is 15.5. The van der Waals surface area contributed by atoms with E-state index in [4.69, 9.17) is 9.84 Å². The van der Waals surface area contributed by atoms with Crippen molar-refractivity contribution in [2.45, 2.75) is 25.4 Å². The Morgan fingerprint density at radius 1 is 1.62 bits per heavy atom. The van der Waals surface area contributed by atoms with E-state index in [9.17, 15) is 4.79 Å². The fourth-order valence-corrected chi connectivity index (χ4v) is 2.36. The maximum Gasteiger partial charge on any atom is 0.273 e. The van der Waals surface area contributed by atoms with Crippen molar-refractivity contribution < 1.29 is 14.6 Å². The molecule has 1 aromatic rings. The molecule has 0 bridgehead atoms. The van der Waals surface area contributed by atoms with E-state index in [1.807, 2.05) is 0 Å². The first-order valence-electron chi connectivity index (χ1n) is 7.13. The average molecular weight is 288 g/mol. The molecule has 0 aromatic carbocycles. The molecule has 1 atom stereocenters. The average Bonchev–Trinajstić information content (AvgIpc) is 2.55. The van der Waals surface area contributed by atoms with E-state index in [0.29, 0.717) is 24.2 Å². The van der Waals surface area contributed by atoms with E-state index in [2.05, 4.69) is 16.8 Å². The lowest BCUT2D eigenvalue weighted by molar-refractivity contribution is 0.0265. The summed E-state index contributed by atoms with van der Waals surface area (Å²) in [4.78, 5) is 18.6. The van der Waals surface area contributed by atoms with E-state index in [0.717, 1.165) is 19.4 Å². The van der Waals surface area contributed by atoms with Gasteiger partial charge in [-0.1, -0.05) is 11.8 Å². The molecule has 1 saturated heterocycles. The highest BCUT2D eigenvalue weighted by Crippen LogP contribution is 2.16. The second kappa shape index (κ2) is 7.77. The van der Waals surface area contributed by atoms with Gasteiger partial charge >= 0.3 is 0 Å². The number of piperidine rings is 1. The summed E-state index contributed by atoms with van der Waals surface area (Å²) < 4.78 is 5.35. The smallest absolute Gasteiger partial charge is 0.273 e. The van der Waals surface area contributed by atoms with Gasteiger partial charge in [-0.25, -0.2) is 4.98 Å². The van der Waals surface area contributed by atoms with Crippen LogP contribution in [0.2, 0.25) is 0 Å². The van der Waals surface area contributed by atoms with Gasteiger partial charge in [0.05, 0.1) is 18.3 Å². The van der Waals surface area contributed by atoms with Gasteiger partial charge in [-0.15, -0.1) is 0 Å². The van der Waals surface area contributed by atoms with E-state index >= 15 is 0 Å². The third-order valence-corrected chi connectivity index (χ3v) is 3.47. The predicted molar refractivity (Wildman–Crippen MR) is 78.8 cm³/mol. The summed E-state index contributed by atoms with van der Waals surface area (Å²) in [6.45, 7) is 1.33. The molecule has 2 heterocycles. The largest absolute Gasteiger partial charge is 0.395 e. The van der Waals surface area contributed by atoms with Crippen molar-refractivity contribution in [1.29, 1.82) is 0 Å². The van der Waals surface area contributed by atoms with Crippen LogP contribution in [0, 0.1) is 11.8 Å². The molecule has 2 rings (SSSR count). The van der Waals surface area contributed by atoms with Gasteiger partial charge in [-0.2, -0.15) is 0 Å². The molecule has 1 N–H and O–H groups in total. The fourth-order valence-electron chi connectivity index (χ4n) is 2.36. The van der Waals surface area contributed by atoms with Crippen LogP contribution in [0.1, 0.15) is 35.3 Å². The summed E-state index contributed by atoms with van der Waals surface area (Å²) >= 11 is 0. The lowest BCUT2D eigenvalue weighted by atomic mass is 10.1. The number of aliphatic hydroxyl groups is 1. The molecule has 0 spiro atoms. The van der Waals surface area contributed by atoms with E-state index in [1.165, 1.54) is 0 Å². The van der Waals surface area contributed by atoms with Crippen molar-refractivity contribution in [2.24, 2.45) is 0 Å². The van der Waals surface area contributed by atoms with Crippen molar-refractivity contribution in [1.82, 2.24) is 9.88 Å². The highest BCUT2D eigenvalue weighted by atomic mass is 16.5. The first-order chi connectivity index (χ1) is 10.3. The Labute approximate surface area is 124 Å². The number of nitrogens with zero attached hydrogens (tertiary/aromatic N) is 2. The van der Waals surface area contributed by atoms with Crippen LogP contribution in [0.25, 0.3) is 0 Å². The molecular weight excluding hydrogens is 268 g/mol. The fraction of sp³-hybridized carbons (Fsp3) is 0.500. The standard InChI is InChI=1S/C16H20N2O3/c1-21-14-8-5-10-18(12-14)16(20)15-13(6-2-3-11-19)7-4-9-17-15/h4,7,9,14,19H,3,5,8,10-12H2,1H3. The van der Waals surface area contributed by atoms with Crippen molar-refractivity contribution in [2.75, 3.05) is 26.8 Å². The highest BCUT2D eigenvalue weighted by molar-refractivity contribution is 5.94. The van der Waals surface area contributed by atoms with Crippen LogP contribution in [-0.2, 0) is 4.74 Å². The number of likely N-dealkylation sites (tertiary alicyclic amines) is 1. The molecule has 1 amide bonds. The van der Waals surface area contributed by atoms with Gasteiger partial charge in [0.1, 0.15) is 5.69 Å². The molecule has 1 aliphatic heterocycles. The van der Waals surface area contributed by atoms with Crippen LogP contribution in [0.15, 0.2) is 18.3 Å². The molecule has 0 aliphatic carbocycles. The molecular formula is C16H20N2O3. The Hall–Kier alpha value is -1.90. The molecule has 1 aromatic heterocycles. The minimum atomic E-state index is -0.106. The van der Waals surface area contributed by atoms with Crippen LogP contribution in [0.3, 0.4) is 0 Å². The van der Waals surface area contributed by atoms with Gasteiger partial charge < -0.3 is 14.7 Å². The van der Waals surface area contributed by atoms with Gasteiger partial charge in [0, 0.05) is 32.8 Å². The molecule has 1 unspecified atom stereocenters. The van der Waals surface area contributed by atoms with Crippen LogP contribution in [-0.4, -0.2) is 53.8 Å². The SMILES string of the molecule is COC1CCCN(C(=O)c2ncccc2C#CCCO)C1. The number of carbonyl (C=O) groups excluding carboxylic acids is 1. The number of aromatic nitrogens is 1. The van der Waals surface area contributed by atoms with Crippen molar-refractivity contribution in [3.63, 3.8) is 0 Å². The van der Waals surface area contributed by atoms with E-state index in [-0.39, 0.29) is 18.6 Å². The van der Waals surface area contributed by atoms with Crippen LogP contribution >= 0.6 is 0 Å². The van der Waals surface area contributed by atoms with Crippen molar-refractivity contribution in [3.05, 3.63) is 29.6 Å². The first-order valence-corrected chi connectivity index (χ1v) is 7.13. The normalized spacial score (nSPS) is 18.0. The maximum atomic E-state index is 12.6. The zero-order valence-corrected chi connectivity index (χ0v) is 12.2. The summed E-state index contributed by atoms with van der Waals surface area (Å²) in [5, 5.41) is 8.78. The molecule has 5 nitrogen and oxygen atoms in total. The minimum Gasteiger partial charge on any atom is -0.395 e. The number of hydrogen-bond donors (Lipinski definition) is 1. The molecule has 112 valence electrons. The molecule has 0 saturated carbocycles. The lowest BCUT2D eigenvalue weighted by Crippen LogP contribution is -2.43. The number of rotatable bonds is 3. The third-order valence-electron chi connectivity index (χ3n) is 3.47. The van der Waals surface area contributed by atoms with Gasteiger partial charge in [-0.05, 0) is 25.0 Å². The Kier molecular flexibility index (Phi) is 5.73. The summed E-state index contributed by atoms with van der Waals surface area (Å²) in [5.41, 5.74) is 0.982. The Morgan fingerprint density at radius 2 is 2.48 bits per heavy atom. The van der Waals surface area contributed by atoms with Crippen LogP contribution in [0.4, 0.5) is 0 Å². The highest BCUT2D eigenvalue weighted by Gasteiger charge is 2.26. The number of ether oxygens (including phenoxy) is 1. The topological polar surface area (TPSA) is 62.7 Å². The van der Waals surface area contributed by atoms with Gasteiger partial charge in [0.15, 0.2) is 0 Å². The number of aliphatic hydroxyl groups excluding tert-OH is 1. The quantitative estimate of drug-likeness (QED) is 0.845. The summed E-state index contributed by atoms with van der Waals surface area (Å²) in [6.07, 6.45) is 3.99. The summed E-state index contributed by atoms with van der Waals surface area (Å²) in [7, 11) is 1.67. The molecule has 1 fully saturated rings. The number of pyridine rings is 1. The van der Waals surface area contributed by atoms with Crippen molar-refractivity contribution >= 4 is 5.91 Å². The molecule has 5 heteroatoms. The Morgan fingerprint density at radius 3 is 3.24 bits per heavy atom. The van der Waals surface area contributed by atoms with Gasteiger partial charge in [-0.3, -0.25) is 4.79 Å². The predicted octanol–water partition coefficient (Wildman–Crippen LogP) is 1.07. The molecule has 21 heavy (non-hydrogen) atoms. The number of carbonyl (C=O) groups is 1.